The summed E-state index contributed by atoms with van der Waals surface area (Å²) in [6, 6.07) is 6.49. The van der Waals surface area contributed by atoms with Crippen LogP contribution in [0.5, 0.6) is 0 Å². The van der Waals surface area contributed by atoms with Crippen molar-refractivity contribution in [3.8, 4) is 0 Å². The summed E-state index contributed by atoms with van der Waals surface area (Å²) in [5, 5.41) is 2.97. The summed E-state index contributed by atoms with van der Waals surface area (Å²) in [5.41, 5.74) is 4.40. The van der Waals surface area contributed by atoms with Gasteiger partial charge < -0.3 is 5.32 Å². The maximum absolute atomic E-state index is 11.4. The van der Waals surface area contributed by atoms with E-state index < -0.39 is 0 Å². The Bertz CT molecular complexity index is 438. The van der Waals surface area contributed by atoms with Gasteiger partial charge in [-0.05, 0) is 36.5 Å². The van der Waals surface area contributed by atoms with Gasteiger partial charge in [0.15, 0.2) is 0 Å². The van der Waals surface area contributed by atoms with Gasteiger partial charge in [0.25, 0.3) is 0 Å². The first kappa shape index (κ1) is 8.96. The summed E-state index contributed by atoms with van der Waals surface area (Å²) in [6.45, 7) is 3.00. The molecule has 1 unspecified atom stereocenters. The Labute approximate surface area is 89.7 Å². The molecule has 1 heterocycles. The molecule has 2 nitrogen and oxygen atoms in total. The molecule has 1 aliphatic carbocycles. The standard InChI is InChI=1S/C13H15NO/c1-9-3-2-4-11-10(9)5-6-13(11)7-12(15)14-8-13/h2-4H,5-8H2,1H3,(H,14,15). The topological polar surface area (TPSA) is 29.1 Å². The first-order valence-electron chi connectivity index (χ1n) is 5.57. The predicted molar refractivity (Wildman–Crippen MR) is 58.8 cm³/mol. The lowest BCUT2D eigenvalue weighted by atomic mass is 9.81. The molecule has 1 aromatic rings. The monoisotopic (exact) mass is 201 g/mol. The van der Waals surface area contributed by atoms with Crippen LogP contribution in [0.1, 0.15) is 29.5 Å². The van der Waals surface area contributed by atoms with E-state index in [1.165, 1.54) is 16.7 Å². The fraction of sp³-hybridized carbons (Fsp3) is 0.462. The van der Waals surface area contributed by atoms with Crippen molar-refractivity contribution in [3.05, 3.63) is 34.9 Å². The van der Waals surface area contributed by atoms with Gasteiger partial charge in [0.2, 0.25) is 5.91 Å². The minimum absolute atomic E-state index is 0.123. The third-order valence-corrected chi connectivity index (χ3v) is 3.96. The molecule has 1 spiro atoms. The van der Waals surface area contributed by atoms with Gasteiger partial charge in [0.1, 0.15) is 0 Å². The Hall–Kier alpha value is -1.31. The van der Waals surface area contributed by atoms with Gasteiger partial charge in [0.05, 0.1) is 0 Å². The predicted octanol–water partition coefficient (Wildman–Crippen LogP) is 1.70. The lowest BCUT2D eigenvalue weighted by molar-refractivity contribution is -0.119. The number of amides is 1. The molecule has 0 aromatic heterocycles. The summed E-state index contributed by atoms with van der Waals surface area (Å²) in [5.74, 6) is 0.212. The van der Waals surface area contributed by atoms with Crippen LogP contribution in [0.4, 0.5) is 0 Å². The smallest absolute Gasteiger partial charge is 0.220 e. The van der Waals surface area contributed by atoms with Crippen molar-refractivity contribution < 1.29 is 4.79 Å². The second kappa shape index (κ2) is 2.84. The van der Waals surface area contributed by atoms with E-state index in [4.69, 9.17) is 0 Å². The van der Waals surface area contributed by atoms with Gasteiger partial charge in [-0.3, -0.25) is 4.79 Å². The maximum Gasteiger partial charge on any atom is 0.220 e. The molecule has 1 amide bonds. The third-order valence-electron chi connectivity index (χ3n) is 3.96. The summed E-state index contributed by atoms with van der Waals surface area (Å²) in [7, 11) is 0. The largest absolute Gasteiger partial charge is 0.355 e. The van der Waals surface area contributed by atoms with Crippen LogP contribution in [-0.2, 0) is 16.6 Å². The highest BCUT2D eigenvalue weighted by molar-refractivity contribution is 5.81. The molecule has 0 radical (unpaired) electrons. The number of aryl methyl sites for hydroxylation is 1. The van der Waals surface area contributed by atoms with Gasteiger partial charge >= 0.3 is 0 Å². The first-order valence-corrected chi connectivity index (χ1v) is 5.57. The van der Waals surface area contributed by atoms with Gasteiger partial charge in [-0.25, -0.2) is 0 Å². The number of carbonyl (C=O) groups is 1. The van der Waals surface area contributed by atoms with Crippen molar-refractivity contribution in [3.63, 3.8) is 0 Å². The van der Waals surface area contributed by atoms with Gasteiger partial charge in [0, 0.05) is 18.4 Å². The number of nitrogens with one attached hydrogen (secondary N) is 1. The van der Waals surface area contributed by atoms with Crippen molar-refractivity contribution in [2.45, 2.75) is 31.6 Å². The lowest BCUT2D eigenvalue weighted by Crippen LogP contribution is -2.25. The van der Waals surface area contributed by atoms with Crippen LogP contribution in [0.3, 0.4) is 0 Å². The lowest BCUT2D eigenvalue weighted by Gasteiger charge is -2.22. The van der Waals surface area contributed by atoms with Crippen molar-refractivity contribution in [1.29, 1.82) is 0 Å². The Morgan fingerprint density at radius 3 is 3.00 bits per heavy atom. The molecule has 78 valence electrons. The number of hydrogen-bond acceptors (Lipinski definition) is 1. The van der Waals surface area contributed by atoms with Crippen LogP contribution in [0.2, 0.25) is 0 Å². The molecule has 15 heavy (non-hydrogen) atoms. The average molecular weight is 201 g/mol. The number of carbonyl (C=O) groups excluding carboxylic acids is 1. The highest BCUT2D eigenvalue weighted by atomic mass is 16.1. The van der Waals surface area contributed by atoms with E-state index in [0.29, 0.717) is 6.42 Å². The molecular weight excluding hydrogens is 186 g/mol. The van der Waals surface area contributed by atoms with Gasteiger partial charge in [-0.1, -0.05) is 18.2 Å². The van der Waals surface area contributed by atoms with E-state index in [2.05, 4.69) is 30.4 Å². The molecule has 1 saturated heterocycles. The minimum atomic E-state index is 0.123. The third kappa shape index (κ3) is 1.14. The second-order valence-electron chi connectivity index (χ2n) is 4.83. The minimum Gasteiger partial charge on any atom is -0.355 e. The SMILES string of the molecule is Cc1cccc2c1CCC21CNC(=O)C1. The van der Waals surface area contributed by atoms with Crippen LogP contribution in [-0.4, -0.2) is 12.5 Å². The van der Waals surface area contributed by atoms with Gasteiger partial charge in [-0.15, -0.1) is 0 Å². The number of fused-ring (bicyclic) bond motifs is 2. The Morgan fingerprint density at radius 2 is 2.27 bits per heavy atom. The fourth-order valence-electron chi connectivity index (χ4n) is 3.10. The summed E-state index contributed by atoms with van der Waals surface area (Å²) < 4.78 is 0. The van der Waals surface area contributed by atoms with Crippen LogP contribution in [0.25, 0.3) is 0 Å². The second-order valence-corrected chi connectivity index (χ2v) is 4.83. The highest BCUT2D eigenvalue weighted by Crippen LogP contribution is 2.44. The molecule has 0 bridgehead atoms. The molecule has 1 aliphatic heterocycles. The zero-order chi connectivity index (χ0) is 10.5. The summed E-state index contributed by atoms with van der Waals surface area (Å²) >= 11 is 0. The maximum atomic E-state index is 11.4. The first-order chi connectivity index (χ1) is 7.21. The van der Waals surface area contributed by atoms with Crippen molar-refractivity contribution in [2.75, 3.05) is 6.54 Å². The van der Waals surface area contributed by atoms with E-state index in [1.54, 1.807) is 0 Å². The van der Waals surface area contributed by atoms with Gasteiger partial charge in [-0.2, -0.15) is 0 Å². The van der Waals surface area contributed by atoms with Crippen molar-refractivity contribution in [1.82, 2.24) is 5.32 Å². The van der Waals surface area contributed by atoms with E-state index in [1.807, 2.05) is 0 Å². The zero-order valence-corrected chi connectivity index (χ0v) is 8.97. The number of hydrogen-bond donors (Lipinski definition) is 1. The van der Waals surface area contributed by atoms with Crippen molar-refractivity contribution in [2.24, 2.45) is 0 Å². The fourth-order valence-corrected chi connectivity index (χ4v) is 3.10. The molecule has 1 atom stereocenters. The molecular formula is C13H15NO. The normalized spacial score (nSPS) is 28.2. The van der Waals surface area contributed by atoms with E-state index in [-0.39, 0.29) is 11.3 Å². The van der Waals surface area contributed by atoms with E-state index in [9.17, 15) is 4.79 Å². The molecule has 2 heteroatoms. The van der Waals surface area contributed by atoms with Crippen molar-refractivity contribution >= 4 is 5.91 Å². The van der Waals surface area contributed by atoms with Crippen LogP contribution < -0.4 is 5.32 Å². The Kier molecular flexibility index (Phi) is 1.70. The Morgan fingerprint density at radius 1 is 1.40 bits per heavy atom. The van der Waals surface area contributed by atoms with Crippen LogP contribution in [0, 0.1) is 6.92 Å². The number of rotatable bonds is 0. The molecule has 1 fully saturated rings. The average Bonchev–Trinajstić information content (AvgIpc) is 2.75. The zero-order valence-electron chi connectivity index (χ0n) is 8.97. The quantitative estimate of drug-likeness (QED) is 0.680. The molecule has 3 rings (SSSR count). The molecule has 0 saturated carbocycles. The van der Waals surface area contributed by atoms with Crippen LogP contribution in [0.15, 0.2) is 18.2 Å². The molecule has 1 aromatic carbocycles. The summed E-state index contributed by atoms with van der Waals surface area (Å²) in [6.07, 6.45) is 2.95. The summed E-state index contributed by atoms with van der Waals surface area (Å²) in [4.78, 5) is 11.4. The molecule has 2 aliphatic rings. The number of benzene rings is 1. The van der Waals surface area contributed by atoms with E-state index in [0.717, 1.165) is 19.4 Å². The van der Waals surface area contributed by atoms with Crippen LogP contribution >= 0.6 is 0 Å². The highest BCUT2D eigenvalue weighted by Gasteiger charge is 2.44. The van der Waals surface area contributed by atoms with E-state index >= 15 is 0 Å². The Balaban J connectivity index is 2.12. The molecule has 1 N–H and O–H groups in total.